The van der Waals surface area contributed by atoms with E-state index in [1.807, 2.05) is 0 Å². The lowest BCUT2D eigenvalue weighted by Gasteiger charge is -2.04. The minimum absolute atomic E-state index is 0.0635. The van der Waals surface area contributed by atoms with Crippen LogP contribution in [0.1, 0.15) is 32.1 Å². The molecule has 0 unspecified atom stereocenters. The fraction of sp³-hybridized carbons (Fsp3) is 0.700. The van der Waals surface area contributed by atoms with Gasteiger partial charge in [-0.1, -0.05) is 11.6 Å². The molecule has 2 nitrogen and oxygen atoms in total. The number of carbonyl (C=O) groups excluding carboxylic acids is 1. The molecule has 1 amide bonds. The average Bonchev–Trinajstić information content (AvgIpc) is 2.57. The zero-order valence-corrected chi connectivity index (χ0v) is 8.57. The van der Waals surface area contributed by atoms with Gasteiger partial charge in [0.25, 0.3) is 0 Å². The molecule has 1 rings (SSSR count). The molecular formula is C10H16ClNO. The van der Waals surface area contributed by atoms with Crippen LogP contribution in [0.2, 0.25) is 0 Å². The Hall–Kier alpha value is -0.500. The predicted octanol–water partition coefficient (Wildman–Crippen LogP) is 2.23. The highest BCUT2D eigenvalue weighted by Gasteiger charge is 2.04. The van der Waals surface area contributed by atoms with Crippen molar-refractivity contribution in [3.63, 3.8) is 0 Å². The van der Waals surface area contributed by atoms with E-state index in [2.05, 4.69) is 11.4 Å². The summed E-state index contributed by atoms with van der Waals surface area (Å²) in [6.07, 6.45) is 7.43. The maximum atomic E-state index is 11.0. The third-order valence-electron chi connectivity index (χ3n) is 2.22. The topological polar surface area (TPSA) is 29.1 Å². The molecule has 1 aliphatic rings. The predicted molar refractivity (Wildman–Crippen MR) is 54.9 cm³/mol. The van der Waals surface area contributed by atoms with E-state index in [9.17, 15) is 4.79 Å². The van der Waals surface area contributed by atoms with E-state index >= 15 is 0 Å². The molecule has 0 bridgehead atoms. The summed E-state index contributed by atoms with van der Waals surface area (Å²) in [5, 5.41) is 2.85. The average molecular weight is 202 g/mol. The van der Waals surface area contributed by atoms with E-state index in [-0.39, 0.29) is 5.91 Å². The van der Waals surface area contributed by atoms with E-state index in [4.69, 9.17) is 11.6 Å². The van der Waals surface area contributed by atoms with Crippen molar-refractivity contribution in [3.05, 3.63) is 11.6 Å². The largest absolute Gasteiger partial charge is 0.356 e. The lowest BCUT2D eigenvalue weighted by Crippen LogP contribution is -2.24. The molecule has 0 atom stereocenters. The van der Waals surface area contributed by atoms with Gasteiger partial charge in [0.15, 0.2) is 0 Å². The van der Waals surface area contributed by atoms with Gasteiger partial charge in [0.1, 0.15) is 0 Å². The summed E-state index contributed by atoms with van der Waals surface area (Å²) in [6, 6.07) is 0. The number of hydrogen-bond donors (Lipinski definition) is 1. The highest BCUT2D eigenvalue weighted by molar-refractivity contribution is 6.18. The monoisotopic (exact) mass is 201 g/mol. The van der Waals surface area contributed by atoms with Gasteiger partial charge in [0.05, 0.1) is 0 Å². The molecular weight excluding hydrogens is 186 g/mol. The van der Waals surface area contributed by atoms with Gasteiger partial charge in [-0.15, -0.1) is 11.6 Å². The Morgan fingerprint density at radius 3 is 3.08 bits per heavy atom. The molecule has 0 aromatic rings. The van der Waals surface area contributed by atoms with Crippen LogP contribution in [0.15, 0.2) is 11.6 Å². The van der Waals surface area contributed by atoms with Crippen LogP contribution in [-0.4, -0.2) is 18.3 Å². The zero-order valence-electron chi connectivity index (χ0n) is 7.81. The summed E-state index contributed by atoms with van der Waals surface area (Å²) in [5.74, 6) is 0.475. The molecule has 1 N–H and O–H groups in total. The lowest BCUT2D eigenvalue weighted by molar-refractivity contribution is -0.120. The van der Waals surface area contributed by atoms with Gasteiger partial charge in [-0.25, -0.2) is 0 Å². The van der Waals surface area contributed by atoms with Gasteiger partial charge in [-0.3, -0.25) is 4.79 Å². The second kappa shape index (κ2) is 6.03. The molecule has 0 aliphatic heterocycles. The highest BCUT2D eigenvalue weighted by Crippen LogP contribution is 2.19. The van der Waals surface area contributed by atoms with Crippen LogP contribution < -0.4 is 5.32 Å². The second-order valence-electron chi connectivity index (χ2n) is 3.29. The number of amides is 1. The molecule has 0 saturated heterocycles. The molecule has 0 aromatic carbocycles. The first-order valence-electron chi connectivity index (χ1n) is 4.83. The van der Waals surface area contributed by atoms with Gasteiger partial charge in [-0.05, 0) is 25.7 Å². The molecule has 0 heterocycles. The molecule has 0 radical (unpaired) electrons. The fourth-order valence-corrected chi connectivity index (χ4v) is 1.67. The number of hydrogen-bond acceptors (Lipinski definition) is 1. The Bertz CT molecular complexity index is 201. The van der Waals surface area contributed by atoms with E-state index in [0.717, 1.165) is 13.0 Å². The van der Waals surface area contributed by atoms with Crippen molar-refractivity contribution in [1.82, 2.24) is 5.32 Å². The normalized spacial score (nSPS) is 15.6. The Morgan fingerprint density at radius 1 is 1.62 bits per heavy atom. The number of nitrogens with one attached hydrogen (secondary N) is 1. The van der Waals surface area contributed by atoms with Gasteiger partial charge >= 0.3 is 0 Å². The molecule has 3 heteroatoms. The molecule has 0 fully saturated rings. The molecule has 0 saturated carbocycles. The maximum Gasteiger partial charge on any atom is 0.221 e. The van der Waals surface area contributed by atoms with Gasteiger partial charge < -0.3 is 5.32 Å². The van der Waals surface area contributed by atoms with Crippen LogP contribution in [0.25, 0.3) is 0 Å². The molecule has 0 aromatic heterocycles. The molecule has 13 heavy (non-hydrogen) atoms. The van der Waals surface area contributed by atoms with Crippen molar-refractivity contribution in [3.8, 4) is 0 Å². The van der Waals surface area contributed by atoms with E-state index in [1.54, 1.807) is 0 Å². The first-order valence-corrected chi connectivity index (χ1v) is 5.37. The number of rotatable bonds is 5. The summed E-state index contributed by atoms with van der Waals surface area (Å²) < 4.78 is 0. The van der Waals surface area contributed by atoms with Crippen molar-refractivity contribution in [2.24, 2.45) is 0 Å². The van der Waals surface area contributed by atoms with Crippen molar-refractivity contribution in [2.75, 3.05) is 12.4 Å². The second-order valence-corrected chi connectivity index (χ2v) is 3.67. The Labute approximate surface area is 84.3 Å². The van der Waals surface area contributed by atoms with Gasteiger partial charge in [0.2, 0.25) is 5.91 Å². The van der Waals surface area contributed by atoms with Crippen LogP contribution in [0.3, 0.4) is 0 Å². The van der Waals surface area contributed by atoms with E-state index in [1.165, 1.54) is 24.8 Å². The van der Waals surface area contributed by atoms with Crippen LogP contribution in [0.5, 0.6) is 0 Å². The number of carbonyl (C=O) groups is 1. The van der Waals surface area contributed by atoms with Crippen LogP contribution in [-0.2, 0) is 4.79 Å². The SMILES string of the molecule is O=C(CCCl)NCCC1=CCCC1. The van der Waals surface area contributed by atoms with Crippen molar-refractivity contribution in [2.45, 2.75) is 32.1 Å². The fourth-order valence-electron chi connectivity index (χ4n) is 1.50. The summed E-state index contributed by atoms with van der Waals surface area (Å²) in [7, 11) is 0. The molecule has 0 spiro atoms. The lowest BCUT2D eigenvalue weighted by atomic mass is 10.2. The Balaban J connectivity index is 2.03. The third kappa shape index (κ3) is 4.32. The van der Waals surface area contributed by atoms with Gasteiger partial charge in [-0.2, -0.15) is 0 Å². The molecule has 74 valence electrons. The number of allylic oxidation sites excluding steroid dienone is 1. The first kappa shape index (κ1) is 10.6. The summed E-state index contributed by atoms with van der Waals surface area (Å²) in [5.41, 5.74) is 1.49. The van der Waals surface area contributed by atoms with Crippen molar-refractivity contribution in [1.29, 1.82) is 0 Å². The van der Waals surface area contributed by atoms with E-state index in [0.29, 0.717) is 12.3 Å². The summed E-state index contributed by atoms with van der Waals surface area (Å²) in [4.78, 5) is 11.0. The van der Waals surface area contributed by atoms with Gasteiger partial charge in [0, 0.05) is 18.8 Å². The molecule has 1 aliphatic carbocycles. The standard InChI is InChI=1S/C10H16ClNO/c11-7-5-10(13)12-8-6-9-3-1-2-4-9/h3H,1-2,4-8H2,(H,12,13). The zero-order chi connectivity index (χ0) is 9.52. The van der Waals surface area contributed by atoms with Crippen LogP contribution >= 0.6 is 11.6 Å². The van der Waals surface area contributed by atoms with Crippen molar-refractivity contribution >= 4 is 17.5 Å². The third-order valence-corrected chi connectivity index (χ3v) is 2.41. The van der Waals surface area contributed by atoms with E-state index < -0.39 is 0 Å². The van der Waals surface area contributed by atoms with Crippen molar-refractivity contribution < 1.29 is 4.79 Å². The Morgan fingerprint density at radius 2 is 2.46 bits per heavy atom. The van der Waals surface area contributed by atoms with Crippen LogP contribution in [0.4, 0.5) is 0 Å². The number of alkyl halides is 1. The smallest absolute Gasteiger partial charge is 0.221 e. The quantitative estimate of drug-likeness (QED) is 0.537. The maximum absolute atomic E-state index is 11.0. The summed E-state index contributed by atoms with van der Waals surface area (Å²) in [6.45, 7) is 0.765. The minimum Gasteiger partial charge on any atom is -0.356 e. The number of halogens is 1. The first-order chi connectivity index (χ1) is 6.33. The minimum atomic E-state index is 0.0635. The highest BCUT2D eigenvalue weighted by atomic mass is 35.5. The Kier molecular flexibility index (Phi) is 4.91. The van der Waals surface area contributed by atoms with Crippen LogP contribution in [0, 0.1) is 0 Å². The summed E-state index contributed by atoms with van der Waals surface area (Å²) >= 11 is 5.43.